The van der Waals surface area contributed by atoms with E-state index in [1.54, 1.807) is 0 Å². The van der Waals surface area contributed by atoms with Crippen LogP contribution in [0.25, 0.3) is 0 Å². The van der Waals surface area contributed by atoms with Crippen molar-refractivity contribution in [1.29, 1.82) is 0 Å². The van der Waals surface area contributed by atoms with Gasteiger partial charge in [0.2, 0.25) is 5.91 Å². The molecule has 0 spiro atoms. The summed E-state index contributed by atoms with van der Waals surface area (Å²) < 4.78 is 0. The lowest BCUT2D eigenvalue weighted by Crippen LogP contribution is -2.46. The second-order valence-electron chi connectivity index (χ2n) is 4.75. The Kier molecular flexibility index (Phi) is 10.3. The minimum Gasteiger partial charge on any atom is -0.355 e. The Bertz CT molecular complexity index is 310. The second kappa shape index (κ2) is 11.2. The van der Waals surface area contributed by atoms with E-state index in [4.69, 9.17) is 5.73 Å². The van der Waals surface area contributed by atoms with Crippen LogP contribution in [0, 0.1) is 0 Å². The van der Waals surface area contributed by atoms with E-state index < -0.39 is 6.04 Å². The van der Waals surface area contributed by atoms with E-state index in [0.717, 1.165) is 12.8 Å². The highest BCUT2D eigenvalue weighted by Crippen LogP contribution is 1.96. The van der Waals surface area contributed by atoms with E-state index >= 15 is 0 Å². The zero-order valence-corrected chi connectivity index (χ0v) is 12.3. The molecule has 0 aliphatic carbocycles. The minimum atomic E-state index is -0.543. The molecule has 0 aromatic carbocycles. The Labute approximate surface area is 120 Å². The van der Waals surface area contributed by atoms with Crippen LogP contribution in [-0.2, 0) is 9.59 Å². The fourth-order valence-corrected chi connectivity index (χ4v) is 1.74. The zero-order chi connectivity index (χ0) is 15.4. The summed E-state index contributed by atoms with van der Waals surface area (Å²) in [7, 11) is 0. The van der Waals surface area contributed by atoms with Gasteiger partial charge in [0.15, 0.2) is 0 Å². The van der Waals surface area contributed by atoms with Crippen molar-refractivity contribution in [2.45, 2.75) is 51.6 Å². The summed E-state index contributed by atoms with van der Waals surface area (Å²) in [4.78, 5) is 33.4. The monoisotopic (exact) mass is 286 g/mol. The first kappa shape index (κ1) is 18.4. The average Bonchev–Trinajstić information content (AvgIpc) is 2.41. The van der Waals surface area contributed by atoms with E-state index in [9.17, 15) is 14.4 Å². The van der Waals surface area contributed by atoms with Crippen molar-refractivity contribution in [1.82, 2.24) is 16.0 Å². The van der Waals surface area contributed by atoms with Gasteiger partial charge in [0.05, 0.1) is 12.6 Å². The molecule has 0 aromatic heterocycles. The van der Waals surface area contributed by atoms with Gasteiger partial charge in [-0.3, -0.25) is 4.79 Å². The molecule has 7 nitrogen and oxygen atoms in total. The Morgan fingerprint density at radius 3 is 2.50 bits per heavy atom. The first-order valence-electron chi connectivity index (χ1n) is 7.02. The molecule has 5 N–H and O–H groups in total. The average molecular weight is 286 g/mol. The molecule has 7 heteroatoms. The smallest absolute Gasteiger partial charge is 0.315 e. The second-order valence-corrected chi connectivity index (χ2v) is 4.75. The van der Waals surface area contributed by atoms with Crippen molar-refractivity contribution in [3.8, 4) is 0 Å². The number of nitrogens with one attached hydrogen (secondary N) is 3. The number of hydrogen-bond acceptors (Lipinski definition) is 4. The number of nitrogens with two attached hydrogens (primary N) is 1. The molecule has 0 rings (SSSR count). The number of urea groups is 1. The van der Waals surface area contributed by atoms with E-state index in [0.29, 0.717) is 25.7 Å². The van der Waals surface area contributed by atoms with E-state index in [1.807, 2.05) is 13.8 Å². The minimum absolute atomic E-state index is 0.0485. The van der Waals surface area contributed by atoms with Gasteiger partial charge in [-0.05, 0) is 26.2 Å². The summed E-state index contributed by atoms with van der Waals surface area (Å²) in [6.45, 7) is 4.35. The lowest BCUT2D eigenvalue weighted by molar-refractivity contribution is -0.119. The topological polar surface area (TPSA) is 113 Å². The Hall–Kier alpha value is -1.63. The van der Waals surface area contributed by atoms with Gasteiger partial charge in [0.1, 0.15) is 6.29 Å². The summed E-state index contributed by atoms with van der Waals surface area (Å²) in [5, 5.41) is 7.98. The van der Waals surface area contributed by atoms with Gasteiger partial charge in [-0.1, -0.05) is 13.3 Å². The van der Waals surface area contributed by atoms with Gasteiger partial charge in [-0.25, -0.2) is 4.79 Å². The fraction of sp³-hybridized carbons (Fsp3) is 0.769. The van der Waals surface area contributed by atoms with E-state index in [-0.39, 0.29) is 24.5 Å². The van der Waals surface area contributed by atoms with Crippen LogP contribution in [0.3, 0.4) is 0 Å². The number of rotatable bonds is 10. The first-order chi connectivity index (χ1) is 9.53. The first-order valence-corrected chi connectivity index (χ1v) is 7.02. The number of hydrogen-bond donors (Lipinski definition) is 4. The van der Waals surface area contributed by atoms with Crippen LogP contribution < -0.4 is 21.7 Å². The summed E-state index contributed by atoms with van der Waals surface area (Å²) in [5.74, 6) is -0.230. The Morgan fingerprint density at radius 2 is 1.95 bits per heavy atom. The Morgan fingerprint density at radius 1 is 1.25 bits per heavy atom. The SMILES string of the molecule is CCC[C@H](C)NC(=O)NC(C=O)CCCNC(=O)CN. The molecule has 0 aromatic rings. The van der Waals surface area contributed by atoms with Gasteiger partial charge in [0.25, 0.3) is 0 Å². The molecule has 0 aliphatic heterocycles. The Balaban J connectivity index is 3.88. The van der Waals surface area contributed by atoms with Crippen LogP contribution in [0.2, 0.25) is 0 Å². The number of carbonyl (C=O) groups excluding carboxylic acids is 3. The molecule has 20 heavy (non-hydrogen) atoms. The highest BCUT2D eigenvalue weighted by molar-refractivity contribution is 5.78. The fourth-order valence-electron chi connectivity index (χ4n) is 1.74. The molecule has 0 bridgehead atoms. The van der Waals surface area contributed by atoms with Crippen LogP contribution >= 0.6 is 0 Å². The largest absolute Gasteiger partial charge is 0.355 e. The molecule has 116 valence electrons. The van der Waals surface area contributed by atoms with Crippen molar-refractivity contribution in [2.24, 2.45) is 5.73 Å². The molecular formula is C13H26N4O3. The van der Waals surface area contributed by atoms with Crippen molar-refractivity contribution in [3.05, 3.63) is 0 Å². The number of aldehydes is 1. The van der Waals surface area contributed by atoms with Crippen LogP contribution in [0.1, 0.15) is 39.5 Å². The molecule has 0 fully saturated rings. The van der Waals surface area contributed by atoms with Crippen molar-refractivity contribution in [2.75, 3.05) is 13.1 Å². The third-order valence-electron chi connectivity index (χ3n) is 2.78. The quantitative estimate of drug-likeness (QED) is 0.331. The standard InChI is InChI=1S/C13H26N4O3/c1-3-5-10(2)16-13(20)17-11(9-18)6-4-7-15-12(19)8-14/h9-11H,3-8,14H2,1-2H3,(H,15,19)(H2,16,17,20)/t10-,11?/m0/s1. The predicted molar refractivity (Wildman–Crippen MR) is 77.2 cm³/mol. The third-order valence-corrected chi connectivity index (χ3v) is 2.78. The summed E-state index contributed by atoms with van der Waals surface area (Å²) in [5.41, 5.74) is 5.14. The summed E-state index contributed by atoms with van der Waals surface area (Å²) in [6, 6.07) is -0.802. The molecule has 0 saturated heterocycles. The van der Waals surface area contributed by atoms with Gasteiger partial charge in [-0.15, -0.1) is 0 Å². The van der Waals surface area contributed by atoms with Crippen LogP contribution in [0.15, 0.2) is 0 Å². The maximum Gasteiger partial charge on any atom is 0.315 e. The van der Waals surface area contributed by atoms with Gasteiger partial charge in [0, 0.05) is 12.6 Å². The summed E-state index contributed by atoms with van der Waals surface area (Å²) >= 11 is 0. The van der Waals surface area contributed by atoms with Crippen molar-refractivity contribution >= 4 is 18.2 Å². The van der Waals surface area contributed by atoms with Crippen LogP contribution in [-0.4, -0.2) is 43.4 Å². The predicted octanol–water partition coefficient (Wildman–Crippen LogP) is -0.103. The molecule has 0 saturated carbocycles. The highest BCUT2D eigenvalue weighted by atomic mass is 16.2. The highest BCUT2D eigenvalue weighted by Gasteiger charge is 2.12. The van der Waals surface area contributed by atoms with E-state index in [1.165, 1.54) is 0 Å². The zero-order valence-electron chi connectivity index (χ0n) is 12.3. The molecule has 2 atom stereocenters. The van der Waals surface area contributed by atoms with Gasteiger partial charge < -0.3 is 26.5 Å². The van der Waals surface area contributed by atoms with E-state index in [2.05, 4.69) is 16.0 Å². The molecule has 1 unspecified atom stereocenters. The maximum absolute atomic E-state index is 11.6. The number of amides is 3. The van der Waals surface area contributed by atoms with Gasteiger partial charge in [-0.2, -0.15) is 0 Å². The van der Waals surface area contributed by atoms with Gasteiger partial charge >= 0.3 is 6.03 Å². The lowest BCUT2D eigenvalue weighted by atomic mass is 10.1. The molecule has 0 heterocycles. The normalized spacial score (nSPS) is 13.2. The molecule has 0 radical (unpaired) electrons. The molecule has 0 aliphatic rings. The molecule has 3 amide bonds. The van der Waals surface area contributed by atoms with Crippen LogP contribution in [0.4, 0.5) is 4.79 Å². The maximum atomic E-state index is 11.6. The molecular weight excluding hydrogens is 260 g/mol. The summed E-state index contributed by atoms with van der Waals surface area (Å²) in [6.07, 6.45) is 3.66. The number of carbonyl (C=O) groups is 3. The lowest BCUT2D eigenvalue weighted by Gasteiger charge is -2.17. The van der Waals surface area contributed by atoms with Crippen molar-refractivity contribution < 1.29 is 14.4 Å². The van der Waals surface area contributed by atoms with Crippen molar-refractivity contribution in [3.63, 3.8) is 0 Å². The van der Waals surface area contributed by atoms with Crippen LogP contribution in [0.5, 0.6) is 0 Å². The third kappa shape index (κ3) is 9.32.